The Morgan fingerprint density at radius 2 is 1.83 bits per heavy atom. The molecule has 2 rings (SSSR count). The number of nitrogens with two attached hydrogens (primary N) is 1. The van der Waals surface area contributed by atoms with Crippen molar-refractivity contribution in [2.45, 2.75) is 45.1 Å². The average molecular weight is 453 g/mol. The van der Waals surface area contributed by atoms with Gasteiger partial charge >= 0.3 is 5.97 Å². The van der Waals surface area contributed by atoms with Gasteiger partial charge < -0.3 is 20.9 Å². The summed E-state index contributed by atoms with van der Waals surface area (Å²) >= 11 is 12.0. The van der Waals surface area contributed by atoms with E-state index in [1.807, 2.05) is 31.2 Å². The molecule has 0 saturated heterocycles. The number of hydrogen-bond donors (Lipinski definition) is 3. The fourth-order valence-corrected chi connectivity index (χ4v) is 3.59. The maximum Gasteiger partial charge on any atom is 0.310 e. The van der Waals surface area contributed by atoms with Gasteiger partial charge in [-0.3, -0.25) is 4.79 Å². The van der Waals surface area contributed by atoms with Crippen LogP contribution in [0.4, 0.5) is 5.69 Å². The molecular formula is C23H30Cl2N2O3. The van der Waals surface area contributed by atoms with Crippen molar-refractivity contribution in [3.05, 3.63) is 63.1 Å². The van der Waals surface area contributed by atoms with Crippen LogP contribution in [0.3, 0.4) is 0 Å². The third-order valence-corrected chi connectivity index (χ3v) is 5.39. The van der Waals surface area contributed by atoms with Crippen molar-refractivity contribution in [2.24, 2.45) is 0 Å². The summed E-state index contributed by atoms with van der Waals surface area (Å²) in [5.74, 6) is -0.181. The smallest absolute Gasteiger partial charge is 0.310 e. The molecule has 0 bridgehead atoms. The van der Waals surface area contributed by atoms with E-state index in [2.05, 4.69) is 5.32 Å². The summed E-state index contributed by atoms with van der Waals surface area (Å²) in [5, 5.41) is 14.1. The molecule has 0 saturated carbocycles. The van der Waals surface area contributed by atoms with Gasteiger partial charge in [-0.1, -0.05) is 65.9 Å². The highest BCUT2D eigenvalue weighted by Gasteiger charge is 2.12. The number of nitrogens with one attached hydrogen (secondary N) is 1. The van der Waals surface area contributed by atoms with Crippen LogP contribution in [0.15, 0.2) is 36.4 Å². The molecule has 2 aromatic carbocycles. The van der Waals surface area contributed by atoms with Gasteiger partial charge in [0.05, 0.1) is 34.9 Å². The zero-order chi connectivity index (χ0) is 21.9. The molecule has 0 aromatic heterocycles. The second-order valence-corrected chi connectivity index (χ2v) is 8.23. The molecule has 1 unspecified atom stereocenters. The van der Waals surface area contributed by atoms with E-state index >= 15 is 0 Å². The first-order chi connectivity index (χ1) is 14.4. The third-order valence-electron chi connectivity index (χ3n) is 4.77. The highest BCUT2D eigenvalue weighted by Crippen LogP contribution is 2.31. The molecular weight excluding hydrogens is 423 g/mol. The number of unbranched alkanes of at least 4 members (excludes halogenated alkanes) is 3. The molecule has 7 heteroatoms. The van der Waals surface area contributed by atoms with E-state index in [0.717, 1.165) is 43.4 Å². The molecule has 0 spiro atoms. The van der Waals surface area contributed by atoms with Crippen LogP contribution in [-0.4, -0.2) is 30.8 Å². The molecule has 164 valence electrons. The number of ether oxygens (including phenoxy) is 1. The van der Waals surface area contributed by atoms with Gasteiger partial charge in [-0.25, -0.2) is 0 Å². The largest absolute Gasteiger partial charge is 0.465 e. The van der Waals surface area contributed by atoms with Gasteiger partial charge in [0.15, 0.2) is 0 Å². The van der Waals surface area contributed by atoms with Gasteiger partial charge in [0.1, 0.15) is 0 Å². The lowest BCUT2D eigenvalue weighted by Crippen LogP contribution is -2.22. The van der Waals surface area contributed by atoms with Crippen molar-refractivity contribution in [1.82, 2.24) is 5.32 Å². The fraction of sp³-hybridized carbons (Fsp3) is 0.435. The zero-order valence-corrected chi connectivity index (χ0v) is 18.8. The lowest BCUT2D eigenvalue weighted by molar-refractivity contribution is -0.142. The molecule has 5 nitrogen and oxygen atoms in total. The first-order valence-electron chi connectivity index (χ1n) is 10.2. The Bertz CT molecular complexity index is 807. The monoisotopic (exact) mass is 452 g/mol. The van der Waals surface area contributed by atoms with Crippen LogP contribution in [0.2, 0.25) is 10.0 Å². The van der Waals surface area contributed by atoms with Gasteiger partial charge in [-0.15, -0.1) is 0 Å². The summed E-state index contributed by atoms with van der Waals surface area (Å²) in [5.41, 5.74) is 8.79. The number of aliphatic hydroxyl groups is 1. The highest BCUT2D eigenvalue weighted by atomic mass is 35.5. The summed E-state index contributed by atoms with van der Waals surface area (Å²) in [6.45, 7) is 3.66. The van der Waals surface area contributed by atoms with Crippen LogP contribution in [-0.2, 0) is 16.0 Å². The molecule has 0 fully saturated rings. The van der Waals surface area contributed by atoms with Crippen LogP contribution in [0, 0.1) is 6.92 Å². The normalized spacial score (nSPS) is 12.0. The quantitative estimate of drug-likeness (QED) is 0.243. The Morgan fingerprint density at radius 3 is 2.53 bits per heavy atom. The molecule has 1 atom stereocenters. The minimum absolute atomic E-state index is 0.181. The van der Waals surface area contributed by atoms with Crippen LogP contribution < -0.4 is 11.1 Å². The Kier molecular flexibility index (Phi) is 10.4. The van der Waals surface area contributed by atoms with E-state index in [1.54, 1.807) is 12.1 Å². The van der Waals surface area contributed by atoms with Gasteiger partial charge in [0, 0.05) is 6.54 Å². The predicted molar refractivity (Wildman–Crippen MR) is 123 cm³/mol. The molecule has 2 aromatic rings. The number of aliphatic hydroxyl groups excluding tert-OH is 1. The minimum atomic E-state index is -0.701. The zero-order valence-electron chi connectivity index (χ0n) is 17.3. The number of rotatable bonds is 12. The summed E-state index contributed by atoms with van der Waals surface area (Å²) in [4.78, 5) is 11.9. The number of hydrogen-bond acceptors (Lipinski definition) is 5. The van der Waals surface area contributed by atoms with Gasteiger partial charge in [-0.2, -0.15) is 0 Å². The van der Waals surface area contributed by atoms with Crippen molar-refractivity contribution < 1.29 is 14.6 Å². The fourth-order valence-electron chi connectivity index (χ4n) is 3.08. The minimum Gasteiger partial charge on any atom is -0.465 e. The number of benzene rings is 2. The van der Waals surface area contributed by atoms with Gasteiger partial charge in [0.25, 0.3) is 0 Å². The third kappa shape index (κ3) is 8.52. The first kappa shape index (κ1) is 24.5. The van der Waals surface area contributed by atoms with Gasteiger partial charge in [0.2, 0.25) is 0 Å². The topological polar surface area (TPSA) is 84.6 Å². The second kappa shape index (κ2) is 12.8. The van der Waals surface area contributed by atoms with E-state index < -0.39 is 6.10 Å². The lowest BCUT2D eigenvalue weighted by Gasteiger charge is -2.14. The summed E-state index contributed by atoms with van der Waals surface area (Å²) < 4.78 is 5.30. The first-order valence-corrected chi connectivity index (χ1v) is 11.0. The number of carbonyl (C=O) groups excluding carboxylic acids is 1. The summed E-state index contributed by atoms with van der Waals surface area (Å²) in [6, 6.07) is 11.2. The number of aryl methyl sites for hydroxylation is 1. The van der Waals surface area contributed by atoms with Crippen molar-refractivity contribution in [3.8, 4) is 0 Å². The molecule has 0 radical (unpaired) electrons. The van der Waals surface area contributed by atoms with E-state index in [4.69, 9.17) is 33.7 Å². The molecule has 0 aliphatic heterocycles. The SMILES string of the molecule is Cc1cccc(CC(=O)OCCCCCCNCC(O)c2cc(Cl)c(N)c(Cl)c2)c1. The molecule has 4 N–H and O–H groups in total. The van der Waals surface area contributed by atoms with E-state index in [9.17, 15) is 9.90 Å². The number of halogens is 2. The van der Waals surface area contributed by atoms with Crippen molar-refractivity contribution in [1.29, 1.82) is 0 Å². The standard InChI is InChI=1S/C23H30Cl2N2O3/c1-16-7-6-8-17(11-16)12-22(29)30-10-5-3-2-4-9-27-15-21(28)18-13-19(24)23(26)20(25)14-18/h6-8,11,13-14,21,27-28H,2-5,9-10,12,15,26H2,1H3. The second-order valence-electron chi connectivity index (χ2n) is 7.42. The van der Waals surface area contributed by atoms with Crippen LogP contribution >= 0.6 is 23.2 Å². The molecule has 0 heterocycles. The van der Waals surface area contributed by atoms with Crippen LogP contribution in [0.5, 0.6) is 0 Å². The lowest BCUT2D eigenvalue weighted by atomic mass is 10.1. The summed E-state index contributed by atoms with van der Waals surface area (Å²) in [6.07, 6.45) is 3.47. The van der Waals surface area contributed by atoms with E-state index in [1.165, 1.54) is 0 Å². The van der Waals surface area contributed by atoms with Gasteiger partial charge in [-0.05, 0) is 49.6 Å². The number of nitrogen functional groups attached to an aromatic ring is 1. The van der Waals surface area contributed by atoms with Crippen molar-refractivity contribution >= 4 is 34.9 Å². The Hall–Kier alpha value is -1.79. The molecule has 0 amide bonds. The molecule has 30 heavy (non-hydrogen) atoms. The highest BCUT2D eigenvalue weighted by molar-refractivity contribution is 6.38. The molecule has 0 aliphatic rings. The number of anilines is 1. The van der Waals surface area contributed by atoms with E-state index in [0.29, 0.717) is 40.9 Å². The number of carbonyl (C=O) groups is 1. The average Bonchev–Trinajstić information content (AvgIpc) is 2.70. The Morgan fingerprint density at radius 1 is 1.13 bits per heavy atom. The Labute approximate surface area is 188 Å². The van der Waals surface area contributed by atoms with E-state index in [-0.39, 0.29) is 5.97 Å². The van der Waals surface area contributed by atoms with Crippen LogP contribution in [0.25, 0.3) is 0 Å². The van der Waals surface area contributed by atoms with Crippen molar-refractivity contribution in [3.63, 3.8) is 0 Å². The van der Waals surface area contributed by atoms with Crippen molar-refractivity contribution in [2.75, 3.05) is 25.4 Å². The maximum atomic E-state index is 11.9. The maximum absolute atomic E-state index is 11.9. The Balaban J connectivity index is 1.50. The predicted octanol–water partition coefficient (Wildman–Crippen LogP) is 4.85. The van der Waals surface area contributed by atoms with Crippen LogP contribution in [0.1, 0.15) is 48.5 Å². The summed E-state index contributed by atoms with van der Waals surface area (Å²) in [7, 11) is 0. The number of esters is 1. The molecule has 0 aliphatic carbocycles.